The standard InChI is InChI=1S/C16H23BO5/c1-10-8-12(13(19-6)9-11(10)14(18)20-7)17-21-15(2,3)16(4,5)22-17/h8-9H,1-7H3. The van der Waals surface area contributed by atoms with Gasteiger partial charge in [0.15, 0.2) is 0 Å². The number of rotatable bonds is 3. The van der Waals surface area contributed by atoms with Crippen LogP contribution in [0.5, 0.6) is 5.75 Å². The summed E-state index contributed by atoms with van der Waals surface area (Å²) in [5, 5.41) is 0. The molecule has 0 aliphatic carbocycles. The summed E-state index contributed by atoms with van der Waals surface area (Å²) in [7, 11) is 2.38. The van der Waals surface area contributed by atoms with Gasteiger partial charge in [-0.15, -0.1) is 0 Å². The van der Waals surface area contributed by atoms with Crippen LogP contribution in [0, 0.1) is 6.92 Å². The first-order chi connectivity index (χ1) is 10.1. The van der Waals surface area contributed by atoms with Gasteiger partial charge in [-0.25, -0.2) is 4.79 Å². The van der Waals surface area contributed by atoms with Gasteiger partial charge in [-0.05, 0) is 46.2 Å². The van der Waals surface area contributed by atoms with E-state index in [0.29, 0.717) is 11.3 Å². The van der Waals surface area contributed by atoms with Gasteiger partial charge < -0.3 is 18.8 Å². The second-order valence-electron chi connectivity index (χ2n) is 6.49. The summed E-state index contributed by atoms with van der Waals surface area (Å²) < 4.78 is 22.3. The van der Waals surface area contributed by atoms with Crippen molar-refractivity contribution in [2.45, 2.75) is 45.8 Å². The van der Waals surface area contributed by atoms with Crippen molar-refractivity contribution in [2.24, 2.45) is 0 Å². The summed E-state index contributed by atoms with van der Waals surface area (Å²) in [6, 6.07) is 3.52. The van der Waals surface area contributed by atoms with Crippen molar-refractivity contribution in [1.29, 1.82) is 0 Å². The molecule has 0 radical (unpaired) electrons. The van der Waals surface area contributed by atoms with Crippen LogP contribution >= 0.6 is 0 Å². The lowest BCUT2D eigenvalue weighted by molar-refractivity contribution is 0.00578. The van der Waals surface area contributed by atoms with Crippen LogP contribution in [0.25, 0.3) is 0 Å². The van der Waals surface area contributed by atoms with Crippen molar-refractivity contribution in [3.8, 4) is 5.75 Å². The maximum atomic E-state index is 11.8. The SMILES string of the molecule is COC(=O)c1cc(OC)c(B2OC(C)(C)C(C)(C)O2)cc1C. The Morgan fingerprint density at radius 3 is 2.09 bits per heavy atom. The molecule has 2 rings (SSSR count). The highest BCUT2D eigenvalue weighted by atomic mass is 16.7. The van der Waals surface area contributed by atoms with E-state index in [2.05, 4.69) is 0 Å². The Morgan fingerprint density at radius 2 is 1.64 bits per heavy atom. The third kappa shape index (κ3) is 2.73. The first kappa shape index (κ1) is 16.8. The quantitative estimate of drug-likeness (QED) is 0.632. The highest BCUT2D eigenvalue weighted by Gasteiger charge is 2.52. The summed E-state index contributed by atoms with van der Waals surface area (Å²) in [6.45, 7) is 9.83. The Hall–Kier alpha value is -1.53. The third-order valence-corrected chi connectivity index (χ3v) is 4.49. The molecule has 1 heterocycles. The van der Waals surface area contributed by atoms with E-state index in [4.69, 9.17) is 18.8 Å². The van der Waals surface area contributed by atoms with E-state index in [9.17, 15) is 4.79 Å². The number of carbonyl (C=O) groups is 1. The number of methoxy groups -OCH3 is 2. The number of benzene rings is 1. The smallest absolute Gasteiger partial charge is 0.497 e. The predicted octanol–water partition coefficient (Wildman–Crippen LogP) is 2.09. The van der Waals surface area contributed by atoms with E-state index in [-0.39, 0.29) is 0 Å². The minimum absolute atomic E-state index is 0.392. The van der Waals surface area contributed by atoms with Crippen LogP contribution in [0.1, 0.15) is 43.6 Å². The molecule has 1 aromatic rings. The molecule has 0 N–H and O–H groups in total. The molecule has 1 aromatic carbocycles. The molecule has 1 aliphatic rings. The van der Waals surface area contributed by atoms with Crippen molar-refractivity contribution < 1.29 is 23.6 Å². The van der Waals surface area contributed by atoms with Gasteiger partial charge in [-0.3, -0.25) is 0 Å². The van der Waals surface area contributed by atoms with Crippen LogP contribution in [0.4, 0.5) is 0 Å². The number of hydrogen-bond acceptors (Lipinski definition) is 5. The summed E-state index contributed by atoms with van der Waals surface area (Å²) in [6.07, 6.45) is 0. The molecule has 5 nitrogen and oxygen atoms in total. The minimum atomic E-state index is -0.537. The minimum Gasteiger partial charge on any atom is -0.497 e. The predicted molar refractivity (Wildman–Crippen MR) is 84.8 cm³/mol. The molecule has 0 atom stereocenters. The summed E-state index contributed by atoms with van der Waals surface area (Å²) >= 11 is 0. The molecule has 0 unspecified atom stereocenters. The van der Waals surface area contributed by atoms with E-state index in [0.717, 1.165) is 11.0 Å². The lowest BCUT2D eigenvalue weighted by Crippen LogP contribution is -2.41. The molecule has 0 saturated carbocycles. The first-order valence-electron chi connectivity index (χ1n) is 7.25. The number of esters is 1. The van der Waals surface area contributed by atoms with Crippen LogP contribution < -0.4 is 10.2 Å². The van der Waals surface area contributed by atoms with Gasteiger partial charge in [0.05, 0.1) is 31.0 Å². The fourth-order valence-corrected chi connectivity index (χ4v) is 2.37. The average Bonchev–Trinajstić information content (AvgIpc) is 2.66. The zero-order chi connectivity index (χ0) is 16.7. The van der Waals surface area contributed by atoms with Crippen LogP contribution in [-0.2, 0) is 14.0 Å². The first-order valence-corrected chi connectivity index (χ1v) is 7.25. The molecule has 1 aliphatic heterocycles. The van der Waals surface area contributed by atoms with Crippen LogP contribution in [0.3, 0.4) is 0 Å². The maximum absolute atomic E-state index is 11.8. The fourth-order valence-electron chi connectivity index (χ4n) is 2.37. The van der Waals surface area contributed by atoms with Crippen molar-refractivity contribution >= 4 is 18.6 Å². The Bertz CT molecular complexity index is 578. The fraction of sp³-hybridized carbons (Fsp3) is 0.562. The number of hydrogen-bond donors (Lipinski definition) is 0. The van der Waals surface area contributed by atoms with Crippen molar-refractivity contribution in [3.63, 3.8) is 0 Å². The van der Waals surface area contributed by atoms with Gasteiger partial charge in [0, 0.05) is 5.46 Å². The lowest BCUT2D eigenvalue weighted by Gasteiger charge is -2.32. The van der Waals surface area contributed by atoms with Crippen LogP contribution in [-0.4, -0.2) is 38.5 Å². The number of ether oxygens (including phenoxy) is 2. The Morgan fingerprint density at radius 1 is 1.09 bits per heavy atom. The molecule has 0 bridgehead atoms. The molecule has 1 fully saturated rings. The molecule has 0 amide bonds. The second-order valence-corrected chi connectivity index (χ2v) is 6.49. The van der Waals surface area contributed by atoms with E-state index >= 15 is 0 Å². The van der Waals surface area contributed by atoms with Crippen LogP contribution in [0.2, 0.25) is 0 Å². The van der Waals surface area contributed by atoms with Gasteiger partial charge in [0.25, 0.3) is 0 Å². The molecule has 22 heavy (non-hydrogen) atoms. The van der Waals surface area contributed by atoms with Crippen LogP contribution in [0.15, 0.2) is 12.1 Å². The van der Waals surface area contributed by atoms with Gasteiger partial charge in [-0.1, -0.05) is 6.07 Å². The topological polar surface area (TPSA) is 54.0 Å². The zero-order valence-corrected chi connectivity index (χ0v) is 14.3. The van der Waals surface area contributed by atoms with E-state index in [1.807, 2.05) is 40.7 Å². The number of carbonyl (C=O) groups excluding carboxylic acids is 1. The van der Waals surface area contributed by atoms with E-state index in [1.54, 1.807) is 13.2 Å². The van der Waals surface area contributed by atoms with Gasteiger partial charge in [0.2, 0.25) is 0 Å². The van der Waals surface area contributed by atoms with E-state index < -0.39 is 24.3 Å². The van der Waals surface area contributed by atoms with Crippen molar-refractivity contribution in [2.75, 3.05) is 14.2 Å². The van der Waals surface area contributed by atoms with Gasteiger partial charge in [-0.2, -0.15) is 0 Å². The molecule has 1 saturated heterocycles. The molecular weight excluding hydrogens is 283 g/mol. The molecule has 6 heteroatoms. The van der Waals surface area contributed by atoms with Crippen molar-refractivity contribution in [3.05, 3.63) is 23.3 Å². The van der Waals surface area contributed by atoms with E-state index in [1.165, 1.54) is 7.11 Å². The molecular formula is C16H23BO5. The largest absolute Gasteiger partial charge is 0.498 e. The lowest BCUT2D eigenvalue weighted by atomic mass is 9.77. The number of aryl methyl sites for hydroxylation is 1. The third-order valence-electron chi connectivity index (χ3n) is 4.49. The normalized spacial score (nSPS) is 19.1. The molecule has 0 spiro atoms. The summed E-state index contributed by atoms with van der Waals surface area (Å²) in [5.74, 6) is 0.153. The average molecular weight is 306 g/mol. The Labute approximate surface area is 132 Å². The zero-order valence-electron chi connectivity index (χ0n) is 14.3. The Balaban J connectivity index is 2.45. The highest BCUT2D eigenvalue weighted by molar-refractivity contribution is 6.63. The Kier molecular flexibility index (Phi) is 4.28. The van der Waals surface area contributed by atoms with Gasteiger partial charge >= 0.3 is 13.1 Å². The summed E-state index contributed by atoms with van der Waals surface area (Å²) in [4.78, 5) is 11.8. The van der Waals surface area contributed by atoms with Crippen molar-refractivity contribution in [1.82, 2.24) is 0 Å². The van der Waals surface area contributed by atoms with Gasteiger partial charge in [0.1, 0.15) is 5.75 Å². The molecule has 120 valence electrons. The summed E-state index contributed by atoms with van der Waals surface area (Å²) in [5.41, 5.74) is 1.16. The highest BCUT2D eigenvalue weighted by Crippen LogP contribution is 2.37. The molecule has 0 aromatic heterocycles. The maximum Gasteiger partial charge on any atom is 0.498 e. The monoisotopic (exact) mass is 306 g/mol. The second kappa shape index (κ2) is 5.59.